The monoisotopic (exact) mass is 419 g/mol. The topological polar surface area (TPSA) is 90.3 Å². The highest BCUT2D eigenvalue weighted by Crippen LogP contribution is 2.34. The van der Waals surface area contributed by atoms with Crippen molar-refractivity contribution < 1.29 is 29.2 Å². The molecule has 3 aromatic rings. The Kier molecular flexibility index (Phi) is 8.66. The number of nitrogens with zero attached hydrogens (tertiary/aromatic N) is 1. The second kappa shape index (κ2) is 11.7. The van der Waals surface area contributed by atoms with E-state index in [1.54, 1.807) is 17.4 Å². The fraction of sp³-hybridized carbons (Fsp3) is 0.381. The van der Waals surface area contributed by atoms with Crippen molar-refractivity contribution in [1.29, 1.82) is 0 Å². The van der Waals surface area contributed by atoms with Crippen LogP contribution in [0.15, 0.2) is 42.5 Å². The predicted molar refractivity (Wildman–Crippen MR) is 112 cm³/mol. The maximum Gasteiger partial charge on any atom is 0.142 e. The van der Waals surface area contributed by atoms with Crippen LogP contribution in [0.2, 0.25) is 0 Å². The number of benzene rings is 2. The molecule has 1 heterocycles. The summed E-state index contributed by atoms with van der Waals surface area (Å²) >= 11 is 1.54. The Morgan fingerprint density at radius 1 is 0.793 bits per heavy atom. The van der Waals surface area contributed by atoms with Crippen molar-refractivity contribution in [2.24, 2.45) is 0 Å². The smallest absolute Gasteiger partial charge is 0.142 e. The number of phenolic OH excluding ortho intramolecular Hbond substituents is 1. The summed E-state index contributed by atoms with van der Waals surface area (Å²) in [5, 5.41) is 19.3. The normalized spacial score (nSPS) is 11.2. The number of hydrogen-bond acceptors (Lipinski definition) is 8. The van der Waals surface area contributed by atoms with Gasteiger partial charge in [-0.15, -0.1) is 11.3 Å². The summed E-state index contributed by atoms with van der Waals surface area (Å²) in [4.78, 5) is 4.52. The molecule has 0 fully saturated rings. The number of aliphatic hydroxyl groups is 1. The molecule has 0 bridgehead atoms. The Balaban J connectivity index is 1.34. The third-order valence-electron chi connectivity index (χ3n) is 3.97. The van der Waals surface area contributed by atoms with E-state index in [0.29, 0.717) is 51.8 Å². The van der Waals surface area contributed by atoms with E-state index in [-0.39, 0.29) is 12.4 Å². The van der Waals surface area contributed by atoms with Crippen molar-refractivity contribution in [3.63, 3.8) is 0 Å². The van der Waals surface area contributed by atoms with Gasteiger partial charge in [-0.3, -0.25) is 0 Å². The zero-order valence-corrected chi connectivity index (χ0v) is 16.9. The molecule has 8 heteroatoms. The third kappa shape index (κ3) is 6.66. The standard InChI is InChI=1S/C21H25NO6S/c23-8-9-25-10-11-26-12-13-27-14-15-28-17-6-4-16(5-7-17)21-22-20-18(24)2-1-3-19(20)29-21/h1-7,23-24H,8-15H2. The number of thiazole rings is 1. The van der Waals surface area contributed by atoms with E-state index in [1.165, 1.54) is 0 Å². The molecule has 0 saturated heterocycles. The van der Waals surface area contributed by atoms with Gasteiger partial charge in [-0.25, -0.2) is 4.98 Å². The van der Waals surface area contributed by atoms with Crippen molar-refractivity contribution in [2.75, 3.05) is 52.9 Å². The molecule has 1 aromatic heterocycles. The van der Waals surface area contributed by atoms with E-state index < -0.39 is 0 Å². The number of hydrogen-bond donors (Lipinski definition) is 2. The van der Waals surface area contributed by atoms with Gasteiger partial charge in [-0.1, -0.05) is 6.07 Å². The number of rotatable bonds is 13. The molecule has 0 aliphatic carbocycles. The molecule has 0 saturated carbocycles. The molecule has 0 aliphatic rings. The van der Waals surface area contributed by atoms with E-state index in [1.807, 2.05) is 36.4 Å². The summed E-state index contributed by atoms with van der Waals surface area (Å²) in [6.45, 7) is 3.23. The number of para-hydroxylation sites is 1. The van der Waals surface area contributed by atoms with Crippen LogP contribution < -0.4 is 4.74 Å². The molecule has 29 heavy (non-hydrogen) atoms. The van der Waals surface area contributed by atoms with E-state index in [9.17, 15) is 5.11 Å². The zero-order valence-electron chi connectivity index (χ0n) is 16.1. The average molecular weight is 419 g/mol. The minimum Gasteiger partial charge on any atom is -0.506 e. The minimum absolute atomic E-state index is 0.0262. The first-order valence-corrected chi connectivity index (χ1v) is 10.3. The Labute approximate surface area is 173 Å². The van der Waals surface area contributed by atoms with Gasteiger partial charge < -0.3 is 29.2 Å². The number of ether oxygens (including phenoxy) is 4. The van der Waals surface area contributed by atoms with Crippen LogP contribution in [-0.2, 0) is 14.2 Å². The first-order chi connectivity index (χ1) is 14.3. The molecule has 2 N–H and O–H groups in total. The van der Waals surface area contributed by atoms with E-state index in [4.69, 9.17) is 24.1 Å². The van der Waals surface area contributed by atoms with E-state index >= 15 is 0 Å². The van der Waals surface area contributed by atoms with Gasteiger partial charge in [0.1, 0.15) is 28.6 Å². The van der Waals surface area contributed by atoms with Crippen LogP contribution in [-0.4, -0.2) is 68.1 Å². The molecule has 0 unspecified atom stereocenters. The summed E-state index contributed by atoms with van der Waals surface area (Å²) in [5.41, 5.74) is 1.61. The van der Waals surface area contributed by atoms with Gasteiger partial charge in [0.2, 0.25) is 0 Å². The number of aromatic hydroxyl groups is 1. The van der Waals surface area contributed by atoms with Crippen LogP contribution in [0.4, 0.5) is 0 Å². The SMILES string of the molecule is OCCOCCOCCOCCOc1ccc(-c2nc3c(O)cccc3s2)cc1. The molecular formula is C21H25NO6S. The number of aromatic nitrogens is 1. The van der Waals surface area contributed by atoms with Crippen LogP contribution >= 0.6 is 11.3 Å². The first kappa shape index (κ1) is 21.5. The maximum absolute atomic E-state index is 9.90. The summed E-state index contributed by atoms with van der Waals surface area (Å²) in [6, 6.07) is 13.1. The Morgan fingerprint density at radius 2 is 1.45 bits per heavy atom. The summed E-state index contributed by atoms with van der Waals surface area (Å²) < 4.78 is 22.5. The van der Waals surface area contributed by atoms with Crippen LogP contribution in [0.5, 0.6) is 11.5 Å². The van der Waals surface area contributed by atoms with Crippen molar-refractivity contribution in [3.05, 3.63) is 42.5 Å². The van der Waals surface area contributed by atoms with Gasteiger partial charge in [-0.2, -0.15) is 0 Å². The number of aliphatic hydroxyl groups excluding tert-OH is 1. The fourth-order valence-electron chi connectivity index (χ4n) is 2.58. The van der Waals surface area contributed by atoms with Crippen molar-refractivity contribution in [3.8, 4) is 22.1 Å². The Morgan fingerprint density at radius 3 is 2.10 bits per heavy atom. The van der Waals surface area contributed by atoms with Crippen molar-refractivity contribution in [1.82, 2.24) is 4.98 Å². The van der Waals surface area contributed by atoms with Crippen molar-refractivity contribution >= 4 is 21.6 Å². The summed E-state index contributed by atoms with van der Waals surface area (Å²) in [5.74, 6) is 0.962. The molecular weight excluding hydrogens is 394 g/mol. The molecule has 0 aliphatic heterocycles. The van der Waals surface area contributed by atoms with E-state index in [2.05, 4.69) is 4.98 Å². The number of phenols is 1. The first-order valence-electron chi connectivity index (χ1n) is 9.44. The Bertz CT molecular complexity index is 867. The lowest BCUT2D eigenvalue weighted by atomic mass is 10.2. The lowest BCUT2D eigenvalue weighted by molar-refractivity contribution is 0.00361. The lowest BCUT2D eigenvalue weighted by Crippen LogP contribution is -2.13. The molecule has 0 radical (unpaired) electrons. The van der Waals surface area contributed by atoms with Gasteiger partial charge in [0.15, 0.2) is 0 Å². The quantitative estimate of drug-likeness (QED) is 0.412. The van der Waals surface area contributed by atoms with E-state index in [0.717, 1.165) is 21.0 Å². The third-order valence-corrected chi connectivity index (χ3v) is 5.04. The Hall–Kier alpha value is -2.23. The van der Waals surface area contributed by atoms with Crippen LogP contribution in [0, 0.1) is 0 Å². The maximum atomic E-state index is 9.90. The molecule has 2 aromatic carbocycles. The van der Waals surface area contributed by atoms with Crippen LogP contribution in [0.25, 0.3) is 20.8 Å². The molecule has 0 amide bonds. The largest absolute Gasteiger partial charge is 0.506 e. The van der Waals surface area contributed by atoms with Gasteiger partial charge >= 0.3 is 0 Å². The second-order valence-corrected chi connectivity index (χ2v) is 7.11. The zero-order chi connectivity index (χ0) is 20.3. The van der Waals surface area contributed by atoms with Crippen LogP contribution in [0.3, 0.4) is 0 Å². The van der Waals surface area contributed by atoms with Gasteiger partial charge in [0.25, 0.3) is 0 Å². The highest BCUT2D eigenvalue weighted by atomic mass is 32.1. The minimum atomic E-state index is 0.0262. The van der Waals surface area contributed by atoms with Gasteiger partial charge in [0.05, 0.1) is 50.9 Å². The highest BCUT2D eigenvalue weighted by Gasteiger charge is 2.09. The molecule has 0 spiro atoms. The van der Waals surface area contributed by atoms with Gasteiger partial charge in [-0.05, 0) is 36.4 Å². The fourth-order valence-corrected chi connectivity index (χ4v) is 3.57. The van der Waals surface area contributed by atoms with Crippen molar-refractivity contribution in [2.45, 2.75) is 0 Å². The van der Waals surface area contributed by atoms with Crippen LogP contribution in [0.1, 0.15) is 0 Å². The second-order valence-electron chi connectivity index (χ2n) is 6.08. The predicted octanol–water partition coefficient (Wildman–Crippen LogP) is 3.09. The lowest BCUT2D eigenvalue weighted by Gasteiger charge is -2.08. The molecule has 3 rings (SSSR count). The molecule has 7 nitrogen and oxygen atoms in total. The highest BCUT2D eigenvalue weighted by molar-refractivity contribution is 7.21. The average Bonchev–Trinajstić information content (AvgIpc) is 3.18. The number of fused-ring (bicyclic) bond motifs is 1. The van der Waals surface area contributed by atoms with Gasteiger partial charge in [0, 0.05) is 5.56 Å². The summed E-state index contributed by atoms with van der Waals surface area (Å²) in [7, 11) is 0. The molecule has 0 atom stereocenters. The molecule has 156 valence electrons. The summed E-state index contributed by atoms with van der Waals surface area (Å²) in [6.07, 6.45) is 0.